The van der Waals surface area contributed by atoms with Crippen molar-refractivity contribution < 1.29 is 8.42 Å². The highest BCUT2D eigenvalue weighted by atomic mass is 79.9. The Hall–Kier alpha value is -0.100. The highest BCUT2D eigenvalue weighted by Crippen LogP contribution is 2.33. The first-order valence-electron chi connectivity index (χ1n) is 5.84. The zero-order valence-electron chi connectivity index (χ0n) is 9.83. The molecule has 0 radical (unpaired) electrons. The molecule has 1 aromatic carbocycles. The van der Waals surface area contributed by atoms with E-state index in [9.17, 15) is 8.42 Å². The summed E-state index contributed by atoms with van der Waals surface area (Å²) in [6.07, 6.45) is 3.65. The van der Waals surface area contributed by atoms with E-state index in [1.165, 1.54) is 0 Å². The predicted molar refractivity (Wildman–Crippen MR) is 76.4 cm³/mol. The Balaban J connectivity index is 2.30. The SMILES string of the molecule is O=S(=O)(NC1(CCl)CCCC1)c1ccccc1Br. The van der Waals surface area contributed by atoms with Crippen LogP contribution in [0, 0.1) is 0 Å². The lowest BCUT2D eigenvalue weighted by Crippen LogP contribution is -2.47. The Morgan fingerprint density at radius 2 is 1.89 bits per heavy atom. The molecule has 1 aliphatic carbocycles. The van der Waals surface area contributed by atoms with Crippen molar-refractivity contribution in [2.24, 2.45) is 0 Å². The first kappa shape index (κ1) is 14.3. The van der Waals surface area contributed by atoms with Crippen molar-refractivity contribution in [2.45, 2.75) is 36.1 Å². The topological polar surface area (TPSA) is 46.2 Å². The molecule has 0 spiro atoms. The molecule has 1 aromatic rings. The molecule has 0 unspecified atom stereocenters. The van der Waals surface area contributed by atoms with Gasteiger partial charge in [0.15, 0.2) is 0 Å². The summed E-state index contributed by atoms with van der Waals surface area (Å²) in [7, 11) is -3.53. The molecule has 0 bridgehead atoms. The Morgan fingerprint density at radius 1 is 1.28 bits per heavy atom. The van der Waals surface area contributed by atoms with Crippen molar-refractivity contribution in [3.8, 4) is 0 Å². The largest absolute Gasteiger partial charge is 0.242 e. The van der Waals surface area contributed by atoms with E-state index in [4.69, 9.17) is 11.6 Å². The summed E-state index contributed by atoms with van der Waals surface area (Å²) in [6, 6.07) is 6.80. The quantitative estimate of drug-likeness (QED) is 0.845. The van der Waals surface area contributed by atoms with Crippen LogP contribution in [0.1, 0.15) is 25.7 Å². The van der Waals surface area contributed by atoms with E-state index in [2.05, 4.69) is 20.7 Å². The van der Waals surface area contributed by atoms with Crippen LogP contribution in [-0.2, 0) is 10.0 Å². The van der Waals surface area contributed by atoms with Crippen LogP contribution < -0.4 is 4.72 Å². The third-order valence-corrected chi connectivity index (χ3v) is 6.40. The van der Waals surface area contributed by atoms with Crippen LogP contribution >= 0.6 is 27.5 Å². The van der Waals surface area contributed by atoms with Gasteiger partial charge < -0.3 is 0 Å². The Bertz CT molecular complexity index is 527. The number of nitrogens with one attached hydrogen (secondary N) is 1. The summed E-state index contributed by atoms with van der Waals surface area (Å²) >= 11 is 9.23. The fourth-order valence-corrected chi connectivity index (χ4v) is 5.19. The van der Waals surface area contributed by atoms with E-state index < -0.39 is 15.6 Å². The van der Waals surface area contributed by atoms with Crippen LogP contribution in [0.2, 0.25) is 0 Å². The van der Waals surface area contributed by atoms with Crippen LogP contribution in [0.25, 0.3) is 0 Å². The number of hydrogen-bond donors (Lipinski definition) is 1. The molecule has 0 saturated heterocycles. The van der Waals surface area contributed by atoms with Crippen molar-refractivity contribution in [2.75, 3.05) is 5.88 Å². The van der Waals surface area contributed by atoms with E-state index in [0.717, 1.165) is 25.7 Å². The molecule has 1 N–H and O–H groups in total. The molecular formula is C12H15BrClNO2S. The average molecular weight is 353 g/mol. The minimum atomic E-state index is -3.53. The molecule has 1 saturated carbocycles. The number of rotatable bonds is 4. The summed E-state index contributed by atoms with van der Waals surface area (Å²) in [4.78, 5) is 0.265. The normalized spacial score (nSPS) is 19.0. The van der Waals surface area contributed by atoms with Crippen molar-refractivity contribution in [3.05, 3.63) is 28.7 Å². The van der Waals surface area contributed by atoms with Gasteiger partial charge in [0, 0.05) is 15.9 Å². The minimum absolute atomic E-state index is 0.265. The maximum absolute atomic E-state index is 12.4. The van der Waals surface area contributed by atoms with Crippen LogP contribution in [0.5, 0.6) is 0 Å². The van der Waals surface area contributed by atoms with Gasteiger partial charge in [-0.1, -0.05) is 25.0 Å². The molecule has 0 aliphatic heterocycles. The lowest BCUT2D eigenvalue weighted by molar-refractivity contribution is 0.432. The van der Waals surface area contributed by atoms with Gasteiger partial charge in [-0.3, -0.25) is 0 Å². The monoisotopic (exact) mass is 351 g/mol. The molecule has 100 valence electrons. The number of hydrogen-bond acceptors (Lipinski definition) is 2. The van der Waals surface area contributed by atoms with E-state index in [0.29, 0.717) is 10.4 Å². The standard InChI is InChI=1S/C12H15BrClNO2S/c13-10-5-1-2-6-11(10)18(16,17)15-12(9-14)7-3-4-8-12/h1-2,5-6,15H,3-4,7-9H2. The fourth-order valence-electron chi connectivity index (χ4n) is 2.32. The predicted octanol–water partition coefficient (Wildman–Crippen LogP) is 3.28. The third kappa shape index (κ3) is 2.90. The summed E-state index contributed by atoms with van der Waals surface area (Å²) in [5.41, 5.74) is -0.477. The van der Waals surface area contributed by atoms with Crippen LogP contribution in [0.15, 0.2) is 33.6 Å². The fraction of sp³-hybridized carbons (Fsp3) is 0.500. The van der Waals surface area contributed by atoms with Gasteiger partial charge in [-0.15, -0.1) is 11.6 Å². The Labute approximate surface area is 121 Å². The second kappa shape index (κ2) is 5.49. The molecule has 3 nitrogen and oxygen atoms in total. The average Bonchev–Trinajstić information content (AvgIpc) is 2.78. The summed E-state index contributed by atoms with van der Waals surface area (Å²) in [6.45, 7) is 0. The van der Waals surface area contributed by atoms with Gasteiger partial charge in [-0.05, 0) is 40.9 Å². The second-order valence-electron chi connectivity index (χ2n) is 4.66. The van der Waals surface area contributed by atoms with Crippen molar-refractivity contribution >= 4 is 37.6 Å². The summed E-state index contributed by atoms with van der Waals surface area (Å²) in [5.74, 6) is 0.316. The van der Waals surface area contributed by atoms with Crippen LogP contribution in [0.4, 0.5) is 0 Å². The number of sulfonamides is 1. The van der Waals surface area contributed by atoms with E-state index in [-0.39, 0.29) is 4.90 Å². The van der Waals surface area contributed by atoms with Gasteiger partial charge in [0.05, 0.1) is 4.90 Å². The van der Waals surface area contributed by atoms with E-state index >= 15 is 0 Å². The molecule has 6 heteroatoms. The smallest absolute Gasteiger partial charge is 0.207 e. The lowest BCUT2D eigenvalue weighted by atomic mass is 10.0. The van der Waals surface area contributed by atoms with Crippen molar-refractivity contribution in [1.29, 1.82) is 0 Å². The minimum Gasteiger partial charge on any atom is -0.207 e. The number of alkyl halides is 1. The molecule has 18 heavy (non-hydrogen) atoms. The maximum Gasteiger partial charge on any atom is 0.242 e. The van der Waals surface area contributed by atoms with Crippen LogP contribution in [0.3, 0.4) is 0 Å². The van der Waals surface area contributed by atoms with Crippen molar-refractivity contribution in [1.82, 2.24) is 4.72 Å². The van der Waals surface area contributed by atoms with Gasteiger partial charge in [-0.25, -0.2) is 13.1 Å². The molecule has 0 aromatic heterocycles. The maximum atomic E-state index is 12.4. The van der Waals surface area contributed by atoms with Gasteiger partial charge >= 0.3 is 0 Å². The lowest BCUT2D eigenvalue weighted by Gasteiger charge is -2.27. The highest BCUT2D eigenvalue weighted by Gasteiger charge is 2.37. The molecular weight excluding hydrogens is 338 g/mol. The first-order valence-corrected chi connectivity index (χ1v) is 8.65. The molecule has 1 aliphatic rings. The molecule has 0 heterocycles. The van der Waals surface area contributed by atoms with Gasteiger partial charge in [0.25, 0.3) is 0 Å². The highest BCUT2D eigenvalue weighted by molar-refractivity contribution is 9.10. The molecule has 0 amide bonds. The first-order chi connectivity index (χ1) is 8.49. The molecule has 1 fully saturated rings. The summed E-state index contributed by atoms with van der Waals surface area (Å²) in [5, 5.41) is 0. The molecule has 2 rings (SSSR count). The van der Waals surface area contributed by atoms with Crippen molar-refractivity contribution in [3.63, 3.8) is 0 Å². The third-order valence-electron chi connectivity index (χ3n) is 3.29. The van der Waals surface area contributed by atoms with Crippen LogP contribution in [-0.4, -0.2) is 19.8 Å². The molecule has 0 atom stereocenters. The number of benzene rings is 1. The van der Waals surface area contributed by atoms with Gasteiger partial charge in [0.2, 0.25) is 10.0 Å². The van der Waals surface area contributed by atoms with Gasteiger partial charge in [-0.2, -0.15) is 0 Å². The van der Waals surface area contributed by atoms with E-state index in [1.54, 1.807) is 24.3 Å². The zero-order valence-corrected chi connectivity index (χ0v) is 13.0. The Kier molecular flexibility index (Phi) is 4.36. The Morgan fingerprint density at radius 3 is 2.44 bits per heavy atom. The second-order valence-corrected chi connectivity index (χ2v) is 7.43. The summed E-state index contributed by atoms with van der Waals surface area (Å²) < 4.78 is 28.1. The van der Waals surface area contributed by atoms with Gasteiger partial charge in [0.1, 0.15) is 0 Å². The zero-order chi connectivity index (χ0) is 13.2. The number of halogens is 2. The van der Waals surface area contributed by atoms with E-state index in [1.807, 2.05) is 0 Å².